The van der Waals surface area contributed by atoms with Crippen LogP contribution in [0.5, 0.6) is 11.5 Å². The highest BCUT2D eigenvalue weighted by Gasteiger charge is 2.18. The molecule has 0 spiro atoms. The normalized spacial score (nSPS) is 14.6. The van der Waals surface area contributed by atoms with Gasteiger partial charge in [0.2, 0.25) is 5.91 Å². The smallest absolute Gasteiger partial charge is 0.258 e. The Balaban J connectivity index is 1.68. The van der Waals surface area contributed by atoms with Crippen LogP contribution in [0.4, 0.5) is 0 Å². The minimum atomic E-state index is -0.244. The highest BCUT2D eigenvalue weighted by molar-refractivity contribution is 5.79. The summed E-state index contributed by atoms with van der Waals surface area (Å²) >= 11 is 0. The molecule has 0 bridgehead atoms. The fraction of sp³-hybridized carbons (Fsp3) is 0.467. The number of rotatable bonds is 7. The highest BCUT2D eigenvalue weighted by atomic mass is 16.5. The van der Waals surface area contributed by atoms with Gasteiger partial charge in [0.05, 0.1) is 13.7 Å². The van der Waals surface area contributed by atoms with E-state index in [0.717, 1.165) is 0 Å². The molecule has 22 heavy (non-hydrogen) atoms. The molecule has 2 amide bonds. The first kappa shape index (κ1) is 16.1. The molecule has 2 rings (SSSR count). The van der Waals surface area contributed by atoms with E-state index in [0.29, 0.717) is 37.7 Å². The molecule has 1 fully saturated rings. The van der Waals surface area contributed by atoms with E-state index in [1.54, 1.807) is 30.2 Å². The van der Waals surface area contributed by atoms with Gasteiger partial charge in [-0.3, -0.25) is 9.59 Å². The molecule has 1 aliphatic rings. The number of morpholine rings is 1. The molecular weight excluding hydrogens is 288 g/mol. The predicted molar refractivity (Wildman–Crippen MR) is 78.9 cm³/mol. The zero-order chi connectivity index (χ0) is 15.8. The van der Waals surface area contributed by atoms with Gasteiger partial charge in [0.15, 0.2) is 18.1 Å². The first-order valence-corrected chi connectivity index (χ1v) is 7.08. The van der Waals surface area contributed by atoms with Crippen LogP contribution in [0.3, 0.4) is 0 Å². The lowest BCUT2D eigenvalue weighted by Gasteiger charge is -2.26. The molecule has 1 aromatic rings. The Bertz CT molecular complexity index is 520. The Labute approximate surface area is 129 Å². The molecule has 1 saturated heterocycles. The summed E-state index contributed by atoms with van der Waals surface area (Å²) in [6, 6.07) is 7.13. The average Bonchev–Trinajstić information content (AvgIpc) is 2.55. The van der Waals surface area contributed by atoms with Crippen LogP contribution in [-0.2, 0) is 14.3 Å². The van der Waals surface area contributed by atoms with Gasteiger partial charge in [0, 0.05) is 19.6 Å². The predicted octanol–water partition coefficient (Wildman–Crippen LogP) is 0.0490. The van der Waals surface area contributed by atoms with Crippen molar-refractivity contribution in [1.82, 2.24) is 10.2 Å². The van der Waals surface area contributed by atoms with Crippen molar-refractivity contribution in [2.24, 2.45) is 0 Å². The van der Waals surface area contributed by atoms with Crippen molar-refractivity contribution >= 4 is 11.8 Å². The molecule has 7 nitrogen and oxygen atoms in total. The fourth-order valence-electron chi connectivity index (χ4n) is 2.05. The van der Waals surface area contributed by atoms with Crippen LogP contribution in [-0.4, -0.2) is 63.3 Å². The summed E-state index contributed by atoms with van der Waals surface area (Å²) in [6.07, 6.45) is 0. The zero-order valence-electron chi connectivity index (χ0n) is 12.5. The molecule has 0 atom stereocenters. The number of benzene rings is 1. The van der Waals surface area contributed by atoms with Gasteiger partial charge in [-0.15, -0.1) is 0 Å². The topological polar surface area (TPSA) is 77.1 Å². The molecule has 1 N–H and O–H groups in total. The zero-order valence-corrected chi connectivity index (χ0v) is 12.5. The minimum absolute atomic E-state index is 0.0502. The largest absolute Gasteiger partial charge is 0.493 e. The third-order valence-electron chi connectivity index (χ3n) is 3.22. The second-order valence-electron chi connectivity index (χ2n) is 4.72. The Morgan fingerprint density at radius 1 is 1.36 bits per heavy atom. The van der Waals surface area contributed by atoms with Gasteiger partial charge in [-0.2, -0.15) is 0 Å². The molecule has 1 aromatic carbocycles. The van der Waals surface area contributed by atoms with Crippen LogP contribution >= 0.6 is 0 Å². The Morgan fingerprint density at radius 2 is 2.14 bits per heavy atom. The van der Waals surface area contributed by atoms with Crippen LogP contribution in [0.15, 0.2) is 24.3 Å². The second kappa shape index (κ2) is 8.23. The summed E-state index contributed by atoms with van der Waals surface area (Å²) in [5.41, 5.74) is 0. The van der Waals surface area contributed by atoms with E-state index >= 15 is 0 Å². The van der Waals surface area contributed by atoms with Gasteiger partial charge >= 0.3 is 0 Å². The number of nitrogens with one attached hydrogen (secondary N) is 1. The van der Waals surface area contributed by atoms with E-state index in [2.05, 4.69) is 5.32 Å². The number of methoxy groups -OCH3 is 1. The Hall–Kier alpha value is -2.28. The highest BCUT2D eigenvalue weighted by Crippen LogP contribution is 2.25. The van der Waals surface area contributed by atoms with Crippen molar-refractivity contribution < 1.29 is 23.8 Å². The number of carbonyl (C=O) groups is 2. The SMILES string of the molecule is COc1ccccc1OCC(=O)NCCN1CCOCC1=O. The fourth-order valence-corrected chi connectivity index (χ4v) is 2.05. The maximum Gasteiger partial charge on any atom is 0.258 e. The van der Waals surface area contributed by atoms with Crippen LogP contribution < -0.4 is 14.8 Å². The lowest BCUT2D eigenvalue weighted by Crippen LogP contribution is -2.45. The third-order valence-corrected chi connectivity index (χ3v) is 3.22. The van der Waals surface area contributed by atoms with Gasteiger partial charge in [-0.25, -0.2) is 0 Å². The van der Waals surface area contributed by atoms with E-state index in [1.165, 1.54) is 0 Å². The lowest BCUT2D eigenvalue weighted by atomic mass is 10.3. The summed E-state index contributed by atoms with van der Waals surface area (Å²) < 4.78 is 15.6. The molecule has 120 valence electrons. The van der Waals surface area contributed by atoms with Crippen molar-refractivity contribution in [3.05, 3.63) is 24.3 Å². The summed E-state index contributed by atoms with van der Waals surface area (Å²) in [5.74, 6) is 0.801. The molecule has 0 unspecified atom stereocenters. The monoisotopic (exact) mass is 308 g/mol. The molecule has 0 aromatic heterocycles. The number of amides is 2. The van der Waals surface area contributed by atoms with Gasteiger partial charge in [0.25, 0.3) is 5.91 Å². The third kappa shape index (κ3) is 4.63. The van der Waals surface area contributed by atoms with Gasteiger partial charge < -0.3 is 24.4 Å². The second-order valence-corrected chi connectivity index (χ2v) is 4.72. The molecule has 1 heterocycles. The number of nitrogens with zero attached hydrogens (tertiary/aromatic N) is 1. The first-order chi connectivity index (χ1) is 10.7. The standard InChI is InChI=1S/C15H20N2O5/c1-20-12-4-2-3-5-13(12)22-10-14(18)16-6-7-17-8-9-21-11-15(17)19/h2-5H,6-11H2,1H3,(H,16,18). The van der Waals surface area contributed by atoms with E-state index in [4.69, 9.17) is 14.2 Å². The average molecular weight is 308 g/mol. The Morgan fingerprint density at radius 3 is 2.86 bits per heavy atom. The first-order valence-electron chi connectivity index (χ1n) is 7.08. The Kier molecular flexibility index (Phi) is 6.02. The van der Waals surface area contributed by atoms with Crippen molar-refractivity contribution in [2.45, 2.75) is 0 Å². The van der Waals surface area contributed by atoms with E-state index in [9.17, 15) is 9.59 Å². The molecule has 1 aliphatic heterocycles. The summed E-state index contributed by atoms with van der Waals surface area (Å²) in [4.78, 5) is 24.9. The van der Waals surface area contributed by atoms with Crippen LogP contribution in [0, 0.1) is 0 Å². The van der Waals surface area contributed by atoms with Crippen LogP contribution in [0.2, 0.25) is 0 Å². The van der Waals surface area contributed by atoms with Gasteiger partial charge in [-0.05, 0) is 12.1 Å². The van der Waals surface area contributed by atoms with Gasteiger partial charge in [-0.1, -0.05) is 12.1 Å². The number of para-hydroxylation sites is 2. The lowest BCUT2D eigenvalue weighted by molar-refractivity contribution is -0.142. The molecule has 0 aliphatic carbocycles. The number of hydrogen-bond acceptors (Lipinski definition) is 5. The van der Waals surface area contributed by atoms with Crippen molar-refractivity contribution in [3.8, 4) is 11.5 Å². The molecular formula is C15H20N2O5. The van der Waals surface area contributed by atoms with E-state index < -0.39 is 0 Å². The number of carbonyl (C=O) groups excluding carboxylic acids is 2. The van der Waals surface area contributed by atoms with Crippen molar-refractivity contribution in [3.63, 3.8) is 0 Å². The van der Waals surface area contributed by atoms with Crippen molar-refractivity contribution in [2.75, 3.05) is 46.6 Å². The van der Waals surface area contributed by atoms with Gasteiger partial charge in [0.1, 0.15) is 6.61 Å². The maximum absolute atomic E-state index is 11.7. The molecule has 7 heteroatoms. The quantitative estimate of drug-likeness (QED) is 0.770. The summed E-state index contributed by atoms with van der Waals surface area (Å²) in [6.45, 7) is 1.98. The minimum Gasteiger partial charge on any atom is -0.493 e. The van der Waals surface area contributed by atoms with E-state index in [1.807, 2.05) is 6.07 Å². The van der Waals surface area contributed by atoms with Crippen LogP contribution in [0.1, 0.15) is 0 Å². The molecule has 0 saturated carbocycles. The summed E-state index contributed by atoms with van der Waals surface area (Å²) in [7, 11) is 1.54. The molecule has 0 radical (unpaired) electrons. The van der Waals surface area contributed by atoms with E-state index in [-0.39, 0.29) is 25.0 Å². The number of ether oxygens (including phenoxy) is 3. The van der Waals surface area contributed by atoms with Crippen LogP contribution in [0.25, 0.3) is 0 Å². The summed E-state index contributed by atoms with van der Waals surface area (Å²) in [5, 5.41) is 2.72. The van der Waals surface area contributed by atoms with Crippen molar-refractivity contribution in [1.29, 1.82) is 0 Å². The maximum atomic E-state index is 11.7. The number of hydrogen-bond donors (Lipinski definition) is 1.